The molecule has 69 heavy (non-hydrogen) atoms. The minimum absolute atomic E-state index is 0. The van der Waals surface area contributed by atoms with Crippen LogP contribution in [0.25, 0.3) is 94.5 Å². The van der Waals surface area contributed by atoms with Crippen LogP contribution < -0.4 is 5.19 Å². The van der Waals surface area contributed by atoms with Crippen molar-refractivity contribution in [3.63, 3.8) is 0 Å². The number of aromatic nitrogens is 4. The van der Waals surface area contributed by atoms with Gasteiger partial charge in [0.05, 0.1) is 36.2 Å². The maximum Gasteiger partial charge on any atom is 0.216 e. The second-order valence-electron chi connectivity index (χ2n) is 19.6. The minimum atomic E-state index is -1.25. The Bertz CT molecular complexity index is 3500. The number of hydrogen-bond acceptors (Lipinski definition) is 4. The summed E-state index contributed by atoms with van der Waals surface area (Å²) in [4.78, 5) is 15.0. The maximum atomic E-state index is 6.72. The summed E-state index contributed by atoms with van der Waals surface area (Å²) in [6.45, 7) is 18.1. The van der Waals surface area contributed by atoms with Gasteiger partial charge in [-0.15, -0.1) is 53.6 Å². The average Bonchev–Trinajstić information content (AvgIpc) is 3.95. The van der Waals surface area contributed by atoms with Crippen molar-refractivity contribution in [2.75, 3.05) is 0 Å². The molecular formula is C62H56IrN4OSi-2. The summed E-state index contributed by atoms with van der Waals surface area (Å²) < 4.78 is 9.06. The molecule has 0 aliphatic carbocycles. The predicted octanol–water partition coefficient (Wildman–Crippen LogP) is 16.2. The number of fused-ring (bicyclic) bond motifs is 6. The van der Waals surface area contributed by atoms with Gasteiger partial charge >= 0.3 is 0 Å². The van der Waals surface area contributed by atoms with Gasteiger partial charge in [0.25, 0.3) is 0 Å². The van der Waals surface area contributed by atoms with E-state index in [9.17, 15) is 0 Å². The van der Waals surface area contributed by atoms with E-state index in [1.165, 1.54) is 10.8 Å². The number of rotatable bonds is 9. The van der Waals surface area contributed by atoms with E-state index in [0.29, 0.717) is 23.5 Å². The van der Waals surface area contributed by atoms with Gasteiger partial charge in [-0.05, 0) is 51.5 Å². The van der Waals surface area contributed by atoms with E-state index in [4.69, 9.17) is 14.4 Å². The molecule has 1 unspecified atom stereocenters. The number of hydrogen-bond donors (Lipinski definition) is 0. The summed E-state index contributed by atoms with van der Waals surface area (Å²) in [5.74, 6) is 2.10. The number of nitrogens with zero attached hydrogens (tertiary/aromatic N) is 4. The molecule has 7 heteroatoms. The van der Waals surface area contributed by atoms with Crippen molar-refractivity contribution in [2.45, 2.75) is 66.1 Å². The first-order valence-electron chi connectivity index (χ1n) is 23.8. The molecule has 0 spiro atoms. The van der Waals surface area contributed by atoms with E-state index in [1.54, 1.807) is 0 Å². The molecule has 4 heterocycles. The molecule has 1 radical (unpaired) electrons. The van der Waals surface area contributed by atoms with E-state index < -0.39 is 8.07 Å². The molecule has 7 aromatic carbocycles. The van der Waals surface area contributed by atoms with Crippen LogP contribution in [0.15, 0.2) is 180 Å². The Balaban J connectivity index is 0.000000250. The summed E-state index contributed by atoms with van der Waals surface area (Å²) in [7, 11) is -1.25. The van der Waals surface area contributed by atoms with Crippen LogP contribution in [-0.4, -0.2) is 27.6 Å². The Morgan fingerprint density at radius 1 is 0.609 bits per heavy atom. The minimum Gasteiger partial charge on any atom is -0.486 e. The maximum absolute atomic E-state index is 6.72. The third-order valence-electron chi connectivity index (χ3n) is 13.4. The fourth-order valence-corrected chi connectivity index (χ4v) is 10.1. The molecule has 11 aromatic rings. The molecule has 5 nitrogen and oxygen atoms in total. The molecule has 345 valence electrons. The third kappa shape index (κ3) is 9.27. The van der Waals surface area contributed by atoms with E-state index in [1.807, 2.05) is 12.3 Å². The number of pyridine rings is 2. The summed E-state index contributed by atoms with van der Waals surface area (Å²) in [5, 5.41) is 5.68. The monoisotopic (exact) mass is 1090 g/mol. The van der Waals surface area contributed by atoms with Crippen molar-refractivity contribution in [1.82, 2.24) is 19.5 Å². The van der Waals surface area contributed by atoms with E-state index in [0.717, 1.165) is 94.4 Å². The third-order valence-corrected chi connectivity index (χ3v) is 15.4. The standard InChI is InChI=1S/C45H34N3O.C17H22NSi.Ir/c1-28(2)29(3)39-27-25-37-36-22-13-23-38(43(36)49-45(37)47-39)44-46-40-26-24-32-18-10-11-19-35(32)42(40)48(44)41-33(30-14-6-4-7-15-30)20-12-21-34(41)31-16-8-5-9-17-31;1-13(2)14-6-8-15(9-7-14)17-11-10-16(12-18-17)19(3,4)5;/h4-22,24-29H,1-3H3;6-8,10-13H,1-5H3;/q2*-1;. The Labute approximate surface area is 420 Å². The number of imidazole rings is 1. The van der Waals surface area contributed by atoms with Gasteiger partial charge in [0.1, 0.15) is 0 Å². The zero-order chi connectivity index (χ0) is 47.1. The summed E-state index contributed by atoms with van der Waals surface area (Å²) in [6, 6.07) is 66.6. The van der Waals surface area contributed by atoms with Crippen LogP contribution in [0.1, 0.15) is 57.7 Å². The smallest absolute Gasteiger partial charge is 0.216 e. The van der Waals surface area contributed by atoms with Crippen LogP contribution >= 0.6 is 0 Å². The molecule has 0 saturated carbocycles. The molecule has 0 amide bonds. The van der Waals surface area contributed by atoms with Crippen LogP contribution in [-0.2, 0) is 20.1 Å². The van der Waals surface area contributed by atoms with Gasteiger partial charge in [0, 0.05) is 59.8 Å². The van der Waals surface area contributed by atoms with Crippen molar-refractivity contribution in [1.29, 1.82) is 0 Å². The van der Waals surface area contributed by atoms with Crippen molar-refractivity contribution >= 4 is 57.1 Å². The van der Waals surface area contributed by atoms with E-state index >= 15 is 0 Å². The van der Waals surface area contributed by atoms with Crippen LogP contribution in [0.2, 0.25) is 19.6 Å². The number of benzene rings is 7. The van der Waals surface area contributed by atoms with Crippen molar-refractivity contribution in [3.05, 3.63) is 199 Å². The second-order valence-corrected chi connectivity index (χ2v) is 24.6. The molecular weight excluding hydrogens is 1040 g/mol. The van der Waals surface area contributed by atoms with Crippen molar-refractivity contribution in [2.24, 2.45) is 5.92 Å². The molecule has 0 aliphatic heterocycles. The fourth-order valence-electron chi connectivity index (χ4n) is 9.06. The van der Waals surface area contributed by atoms with Gasteiger partial charge in [-0.3, -0.25) is 4.98 Å². The predicted molar refractivity (Wildman–Crippen MR) is 288 cm³/mol. The topological polar surface area (TPSA) is 56.7 Å². The molecule has 0 bridgehead atoms. The first-order valence-corrected chi connectivity index (χ1v) is 27.3. The van der Waals surface area contributed by atoms with Gasteiger partial charge in [-0.25, -0.2) is 4.98 Å². The normalized spacial score (nSPS) is 12.1. The SMILES string of the molecule is CC(C)C(C)c1ccc2c(n1)oc1c(-c3nc4ccc5ccccc5c4n3-c3c(-c4ccccc4)cccc3-c3ccccc3)[c-]ccc12.CC(C)c1c[c-]c(-c2ccc([Si](C)(C)C)cn2)cc1.[Ir]. The quantitative estimate of drug-likeness (QED) is 0.107. The van der Waals surface area contributed by atoms with E-state index in [-0.39, 0.29) is 20.1 Å². The summed E-state index contributed by atoms with van der Waals surface area (Å²) in [5.41, 5.74) is 14.1. The van der Waals surface area contributed by atoms with Gasteiger partial charge < -0.3 is 14.0 Å². The Morgan fingerprint density at radius 3 is 1.93 bits per heavy atom. The summed E-state index contributed by atoms with van der Waals surface area (Å²) in [6.07, 6.45) is 2.03. The van der Waals surface area contributed by atoms with E-state index in [2.05, 4.69) is 240 Å². The van der Waals surface area contributed by atoms with Gasteiger partial charge in [0.15, 0.2) is 0 Å². The van der Waals surface area contributed by atoms with Gasteiger partial charge in [0.2, 0.25) is 5.71 Å². The van der Waals surface area contributed by atoms with Crippen LogP contribution in [0, 0.1) is 18.1 Å². The number of furan rings is 1. The van der Waals surface area contributed by atoms with Crippen molar-refractivity contribution < 1.29 is 24.5 Å². The summed E-state index contributed by atoms with van der Waals surface area (Å²) >= 11 is 0. The largest absolute Gasteiger partial charge is 0.486 e. The average molecular weight is 1090 g/mol. The molecule has 1 atom stereocenters. The molecule has 0 saturated heterocycles. The molecule has 11 rings (SSSR count). The molecule has 4 aromatic heterocycles. The molecule has 0 fully saturated rings. The van der Waals surface area contributed by atoms with Crippen LogP contribution in [0.3, 0.4) is 0 Å². The van der Waals surface area contributed by atoms with Crippen LogP contribution in [0.4, 0.5) is 0 Å². The molecule has 0 N–H and O–H groups in total. The second kappa shape index (κ2) is 19.7. The Morgan fingerprint density at radius 2 is 1.30 bits per heavy atom. The molecule has 0 aliphatic rings. The zero-order valence-corrected chi connectivity index (χ0v) is 43.9. The fraction of sp³-hybridized carbons (Fsp3) is 0.177. The Hall–Kier alpha value is -6.76. The van der Waals surface area contributed by atoms with Gasteiger partial charge in [-0.2, -0.15) is 0 Å². The first-order chi connectivity index (χ1) is 32.9. The zero-order valence-electron chi connectivity index (χ0n) is 40.5. The number of para-hydroxylation sites is 1. The Kier molecular flexibility index (Phi) is 13.5. The first kappa shape index (κ1) is 47.3. The van der Waals surface area contributed by atoms with Crippen molar-refractivity contribution in [3.8, 4) is 50.6 Å². The van der Waals surface area contributed by atoms with Gasteiger partial charge in [-0.1, -0.05) is 192 Å². The van der Waals surface area contributed by atoms with Crippen LogP contribution in [0.5, 0.6) is 0 Å².